The minimum atomic E-state index is -0.268. The van der Waals surface area contributed by atoms with Crippen LogP contribution in [0.15, 0.2) is 72.5 Å². The fourth-order valence-corrected chi connectivity index (χ4v) is 4.90. The van der Waals surface area contributed by atoms with E-state index in [0.717, 1.165) is 35.3 Å². The van der Waals surface area contributed by atoms with E-state index in [2.05, 4.69) is 26.7 Å². The number of benzene rings is 1. The highest BCUT2D eigenvalue weighted by atomic mass is 32.1. The Morgan fingerprint density at radius 1 is 1.03 bits per heavy atom. The van der Waals surface area contributed by atoms with Crippen molar-refractivity contribution >= 4 is 23.2 Å². The van der Waals surface area contributed by atoms with E-state index in [1.165, 1.54) is 5.56 Å². The summed E-state index contributed by atoms with van der Waals surface area (Å²) in [7, 11) is 1.56. The first-order valence-corrected chi connectivity index (χ1v) is 12.2. The van der Waals surface area contributed by atoms with Gasteiger partial charge in [-0.25, -0.2) is 0 Å². The molecule has 0 fully saturated rings. The van der Waals surface area contributed by atoms with Crippen molar-refractivity contribution < 1.29 is 14.3 Å². The molecule has 35 heavy (non-hydrogen) atoms. The van der Waals surface area contributed by atoms with Crippen LogP contribution < -0.4 is 15.4 Å². The van der Waals surface area contributed by atoms with Crippen LogP contribution in [0, 0.1) is 0 Å². The number of amides is 2. The number of thiophene rings is 1. The molecule has 3 aromatic heterocycles. The van der Waals surface area contributed by atoms with Gasteiger partial charge in [0.15, 0.2) is 0 Å². The second-order valence-electron chi connectivity index (χ2n) is 8.34. The van der Waals surface area contributed by atoms with E-state index < -0.39 is 0 Å². The van der Waals surface area contributed by atoms with E-state index in [0.29, 0.717) is 22.8 Å². The Kier molecular flexibility index (Phi) is 6.54. The van der Waals surface area contributed by atoms with Gasteiger partial charge in [0, 0.05) is 48.2 Å². The molecule has 176 valence electrons. The maximum Gasteiger partial charge on any atom is 0.269 e. The van der Waals surface area contributed by atoms with Crippen molar-refractivity contribution in [3.05, 3.63) is 94.9 Å². The molecule has 1 unspecified atom stereocenters. The molecule has 1 aliphatic carbocycles. The Balaban J connectivity index is 1.27. The molecule has 0 spiro atoms. The van der Waals surface area contributed by atoms with Crippen LogP contribution in [0.3, 0.4) is 0 Å². The number of carbonyl (C=O) groups is 2. The summed E-state index contributed by atoms with van der Waals surface area (Å²) in [5.41, 5.74) is 4.20. The summed E-state index contributed by atoms with van der Waals surface area (Å²) in [6.07, 6.45) is 7.40. The molecule has 0 saturated heterocycles. The van der Waals surface area contributed by atoms with E-state index in [4.69, 9.17) is 4.74 Å². The normalized spacial score (nSPS) is 14.6. The second kappa shape index (κ2) is 10.1. The van der Waals surface area contributed by atoms with Crippen LogP contribution in [0.4, 0.5) is 0 Å². The molecule has 0 bridgehead atoms. The summed E-state index contributed by atoms with van der Waals surface area (Å²) >= 11 is 1.62. The van der Waals surface area contributed by atoms with Gasteiger partial charge in [0.05, 0.1) is 5.56 Å². The van der Waals surface area contributed by atoms with Gasteiger partial charge in [-0.05, 0) is 66.1 Å². The van der Waals surface area contributed by atoms with E-state index in [1.54, 1.807) is 49.1 Å². The van der Waals surface area contributed by atoms with Crippen molar-refractivity contribution in [1.82, 2.24) is 20.6 Å². The number of hydrogen-bond acceptors (Lipinski definition) is 6. The minimum Gasteiger partial charge on any atom is -0.457 e. The highest BCUT2D eigenvalue weighted by Gasteiger charge is 2.22. The maximum atomic E-state index is 13.0. The van der Waals surface area contributed by atoms with Gasteiger partial charge >= 0.3 is 0 Å². The van der Waals surface area contributed by atoms with Crippen LogP contribution in [-0.4, -0.2) is 34.9 Å². The quantitative estimate of drug-likeness (QED) is 0.416. The molecular formula is C27H24N4O3S. The number of hydrogen-bond donors (Lipinski definition) is 2. The number of fused-ring (bicyclic) bond motifs is 1. The van der Waals surface area contributed by atoms with Crippen molar-refractivity contribution in [3.63, 3.8) is 0 Å². The molecule has 0 aliphatic heterocycles. The van der Waals surface area contributed by atoms with E-state index in [1.807, 2.05) is 35.7 Å². The van der Waals surface area contributed by atoms with Crippen LogP contribution in [0.25, 0.3) is 10.4 Å². The number of nitrogens with zero attached hydrogens (tertiary/aromatic N) is 2. The first kappa shape index (κ1) is 22.7. The first-order chi connectivity index (χ1) is 17.1. The lowest BCUT2D eigenvalue weighted by Crippen LogP contribution is -2.38. The predicted octanol–water partition coefficient (Wildman–Crippen LogP) is 4.64. The number of aromatic nitrogens is 2. The lowest BCUT2D eigenvalue weighted by Gasteiger charge is -2.26. The third-order valence-electron chi connectivity index (χ3n) is 5.97. The minimum absolute atomic E-state index is 0.0245. The van der Waals surface area contributed by atoms with Crippen LogP contribution in [0.1, 0.15) is 38.4 Å². The van der Waals surface area contributed by atoms with Crippen LogP contribution in [0.5, 0.6) is 11.5 Å². The molecule has 2 N–H and O–H groups in total. The third-order valence-corrected chi connectivity index (χ3v) is 6.89. The number of ether oxygens (including phenoxy) is 1. The zero-order valence-electron chi connectivity index (χ0n) is 19.2. The average molecular weight is 485 g/mol. The van der Waals surface area contributed by atoms with Gasteiger partial charge in [0.2, 0.25) is 0 Å². The lowest BCUT2D eigenvalue weighted by atomic mass is 9.88. The fraction of sp³-hybridized carbons (Fsp3) is 0.185. The maximum absolute atomic E-state index is 13.0. The zero-order valence-corrected chi connectivity index (χ0v) is 20.0. The highest BCUT2D eigenvalue weighted by molar-refractivity contribution is 7.13. The Morgan fingerprint density at radius 2 is 1.91 bits per heavy atom. The molecule has 3 heterocycles. The number of carbonyl (C=O) groups excluding carboxylic acids is 2. The third kappa shape index (κ3) is 5.22. The topological polar surface area (TPSA) is 93.2 Å². The number of rotatable bonds is 6. The van der Waals surface area contributed by atoms with Crippen molar-refractivity contribution in [2.45, 2.75) is 25.3 Å². The standard InChI is InChI=1S/C27H24N4O3S/c1-28-27(33)24-14-23(8-9-30-24)34-22-7-5-17-4-6-21(12-18(17)13-22)31-26(32)20-11-19(15-29-16-20)25-3-2-10-35-25/h2-3,5,7-11,13-16,21H,4,6,12H2,1H3,(H,28,33)(H,31,32). The molecule has 0 radical (unpaired) electrons. The highest BCUT2D eigenvalue weighted by Crippen LogP contribution is 2.29. The van der Waals surface area contributed by atoms with Crippen LogP contribution in [0.2, 0.25) is 0 Å². The molecule has 8 heteroatoms. The monoisotopic (exact) mass is 484 g/mol. The largest absolute Gasteiger partial charge is 0.457 e. The van der Waals surface area contributed by atoms with E-state index in [9.17, 15) is 9.59 Å². The van der Waals surface area contributed by atoms with Gasteiger partial charge in [-0.3, -0.25) is 19.6 Å². The summed E-state index contributed by atoms with van der Waals surface area (Å²) < 4.78 is 6.00. The Hall–Kier alpha value is -4.04. The molecule has 5 rings (SSSR count). The first-order valence-electron chi connectivity index (χ1n) is 11.4. The van der Waals surface area contributed by atoms with Gasteiger partial charge in [-0.15, -0.1) is 11.3 Å². The van der Waals surface area contributed by atoms with Crippen LogP contribution >= 0.6 is 11.3 Å². The molecule has 1 aromatic carbocycles. The van der Waals surface area contributed by atoms with Gasteiger partial charge in [-0.1, -0.05) is 12.1 Å². The summed E-state index contributed by atoms with van der Waals surface area (Å²) in [6, 6.07) is 15.2. The molecule has 4 aromatic rings. The van der Waals surface area contributed by atoms with Gasteiger partial charge in [-0.2, -0.15) is 0 Å². The SMILES string of the molecule is CNC(=O)c1cc(Oc2ccc3c(c2)CC(NC(=O)c2cncc(-c4cccs4)c2)CC3)ccn1. The summed E-state index contributed by atoms with van der Waals surface area (Å²) in [6.45, 7) is 0. The van der Waals surface area contributed by atoms with Gasteiger partial charge < -0.3 is 15.4 Å². The summed E-state index contributed by atoms with van der Waals surface area (Å²) in [5.74, 6) is 0.834. The molecule has 1 atom stereocenters. The van der Waals surface area contributed by atoms with E-state index >= 15 is 0 Å². The summed E-state index contributed by atoms with van der Waals surface area (Å²) in [5, 5.41) is 7.74. The molecular weight excluding hydrogens is 460 g/mol. The van der Waals surface area contributed by atoms with Crippen molar-refractivity contribution in [2.24, 2.45) is 0 Å². The number of aryl methyl sites for hydroxylation is 1. The Bertz CT molecular complexity index is 1370. The molecule has 0 saturated carbocycles. The fourth-order valence-electron chi connectivity index (χ4n) is 4.19. The van der Waals surface area contributed by atoms with Crippen molar-refractivity contribution in [2.75, 3.05) is 7.05 Å². The van der Waals surface area contributed by atoms with Crippen LogP contribution in [-0.2, 0) is 12.8 Å². The van der Waals surface area contributed by atoms with Gasteiger partial charge in [0.25, 0.3) is 11.8 Å². The van der Waals surface area contributed by atoms with Gasteiger partial charge in [0.1, 0.15) is 17.2 Å². The lowest BCUT2D eigenvalue weighted by molar-refractivity contribution is 0.0931. The molecule has 7 nitrogen and oxygen atoms in total. The Morgan fingerprint density at radius 3 is 2.74 bits per heavy atom. The average Bonchev–Trinajstić information content (AvgIpc) is 3.43. The van der Waals surface area contributed by atoms with E-state index in [-0.39, 0.29) is 17.9 Å². The summed E-state index contributed by atoms with van der Waals surface area (Å²) in [4.78, 5) is 34.2. The molecule has 2 amide bonds. The van der Waals surface area contributed by atoms with Crippen molar-refractivity contribution in [3.8, 4) is 21.9 Å². The number of pyridine rings is 2. The Labute approximate surface area is 207 Å². The smallest absolute Gasteiger partial charge is 0.269 e. The zero-order chi connectivity index (χ0) is 24.2. The predicted molar refractivity (Wildman–Crippen MR) is 135 cm³/mol. The second-order valence-corrected chi connectivity index (χ2v) is 9.29. The van der Waals surface area contributed by atoms with Crippen molar-refractivity contribution in [1.29, 1.82) is 0 Å². The number of nitrogens with one attached hydrogen (secondary N) is 2. The molecule has 1 aliphatic rings.